The van der Waals surface area contributed by atoms with Gasteiger partial charge in [0.1, 0.15) is 0 Å². The quantitative estimate of drug-likeness (QED) is 0.680. The molecule has 1 N–H and O–H groups in total. The average molecular weight is 199 g/mol. The number of hydrogen-bond acceptors (Lipinski definition) is 2. The summed E-state index contributed by atoms with van der Waals surface area (Å²) in [5.41, 5.74) is 0. The fourth-order valence-corrected chi connectivity index (χ4v) is 2.35. The highest BCUT2D eigenvalue weighted by atomic mass is 16.3. The molecule has 2 nitrogen and oxygen atoms in total. The van der Waals surface area contributed by atoms with E-state index in [0.717, 1.165) is 6.54 Å². The van der Waals surface area contributed by atoms with Crippen LogP contribution < -0.4 is 0 Å². The third kappa shape index (κ3) is 2.96. The minimum Gasteiger partial charge on any atom is -0.396 e. The van der Waals surface area contributed by atoms with Crippen LogP contribution in [0.3, 0.4) is 0 Å². The molecule has 1 aliphatic heterocycles. The lowest BCUT2D eigenvalue weighted by Gasteiger charge is -2.48. The van der Waals surface area contributed by atoms with Crippen molar-refractivity contribution >= 4 is 0 Å². The Morgan fingerprint density at radius 3 is 2.50 bits per heavy atom. The molecule has 2 atom stereocenters. The molecule has 2 heteroatoms. The lowest BCUT2D eigenvalue weighted by atomic mass is 9.85. The number of unbranched alkanes of at least 4 members (excludes halogenated alkanes) is 2. The SMILES string of the molecule is CCCCC1C(CO)CN1CCCC. The van der Waals surface area contributed by atoms with Crippen LogP contribution in [0.25, 0.3) is 0 Å². The van der Waals surface area contributed by atoms with Crippen LogP contribution in [0.1, 0.15) is 46.0 Å². The number of likely N-dealkylation sites (tertiary alicyclic amines) is 1. The smallest absolute Gasteiger partial charge is 0.0486 e. The number of hydrogen-bond donors (Lipinski definition) is 1. The highest BCUT2D eigenvalue weighted by Crippen LogP contribution is 2.28. The topological polar surface area (TPSA) is 23.5 Å². The van der Waals surface area contributed by atoms with Crippen molar-refractivity contribution in [3.8, 4) is 0 Å². The molecule has 0 aromatic heterocycles. The number of aliphatic hydroxyl groups is 1. The zero-order valence-electron chi connectivity index (χ0n) is 9.71. The molecule has 0 spiro atoms. The Labute approximate surface area is 88.3 Å². The average Bonchev–Trinajstić information content (AvgIpc) is 2.17. The summed E-state index contributed by atoms with van der Waals surface area (Å²) in [4.78, 5) is 2.56. The summed E-state index contributed by atoms with van der Waals surface area (Å²) in [6, 6.07) is 0.687. The van der Waals surface area contributed by atoms with E-state index < -0.39 is 0 Å². The van der Waals surface area contributed by atoms with Crippen molar-refractivity contribution in [3.63, 3.8) is 0 Å². The molecule has 0 aromatic carbocycles. The fraction of sp³-hybridized carbons (Fsp3) is 1.00. The van der Waals surface area contributed by atoms with Crippen LogP contribution >= 0.6 is 0 Å². The van der Waals surface area contributed by atoms with Gasteiger partial charge in [-0.3, -0.25) is 4.90 Å². The fourth-order valence-electron chi connectivity index (χ4n) is 2.35. The molecule has 0 amide bonds. The van der Waals surface area contributed by atoms with Crippen LogP contribution in [0, 0.1) is 5.92 Å². The van der Waals surface area contributed by atoms with Gasteiger partial charge >= 0.3 is 0 Å². The van der Waals surface area contributed by atoms with Crippen LogP contribution in [-0.2, 0) is 0 Å². The molecule has 1 fully saturated rings. The van der Waals surface area contributed by atoms with E-state index in [2.05, 4.69) is 18.7 Å². The van der Waals surface area contributed by atoms with Gasteiger partial charge in [-0.15, -0.1) is 0 Å². The van der Waals surface area contributed by atoms with E-state index in [4.69, 9.17) is 0 Å². The van der Waals surface area contributed by atoms with Gasteiger partial charge in [0.15, 0.2) is 0 Å². The maximum absolute atomic E-state index is 9.17. The van der Waals surface area contributed by atoms with Crippen LogP contribution in [-0.4, -0.2) is 35.7 Å². The third-order valence-corrected chi connectivity index (χ3v) is 3.37. The molecule has 0 saturated carbocycles. The highest BCUT2D eigenvalue weighted by molar-refractivity contribution is 4.90. The first kappa shape index (κ1) is 12.0. The van der Waals surface area contributed by atoms with Gasteiger partial charge in [-0.05, 0) is 19.4 Å². The lowest BCUT2D eigenvalue weighted by Crippen LogP contribution is -2.57. The molecule has 0 radical (unpaired) electrons. The van der Waals surface area contributed by atoms with Crippen LogP contribution in [0.5, 0.6) is 0 Å². The van der Waals surface area contributed by atoms with E-state index in [1.165, 1.54) is 38.6 Å². The molecule has 1 saturated heterocycles. The summed E-state index contributed by atoms with van der Waals surface area (Å²) < 4.78 is 0. The van der Waals surface area contributed by atoms with Crippen molar-refractivity contribution in [2.75, 3.05) is 19.7 Å². The van der Waals surface area contributed by atoms with Crippen molar-refractivity contribution in [3.05, 3.63) is 0 Å². The third-order valence-electron chi connectivity index (χ3n) is 3.37. The maximum Gasteiger partial charge on any atom is 0.0486 e. The molecule has 84 valence electrons. The van der Waals surface area contributed by atoms with Gasteiger partial charge in [-0.25, -0.2) is 0 Å². The Morgan fingerprint density at radius 1 is 1.21 bits per heavy atom. The van der Waals surface area contributed by atoms with E-state index in [9.17, 15) is 5.11 Å². The van der Waals surface area contributed by atoms with Crippen LogP contribution in [0.15, 0.2) is 0 Å². The molecule has 0 aliphatic carbocycles. The Kier molecular flexibility index (Phi) is 5.49. The second kappa shape index (κ2) is 6.41. The number of nitrogens with zero attached hydrogens (tertiary/aromatic N) is 1. The van der Waals surface area contributed by atoms with E-state index >= 15 is 0 Å². The summed E-state index contributed by atoms with van der Waals surface area (Å²) >= 11 is 0. The summed E-state index contributed by atoms with van der Waals surface area (Å²) in [6.07, 6.45) is 6.45. The van der Waals surface area contributed by atoms with Crippen molar-refractivity contribution < 1.29 is 5.11 Å². The molecular formula is C12H25NO. The molecule has 1 heterocycles. The number of rotatable bonds is 7. The van der Waals surface area contributed by atoms with E-state index in [0.29, 0.717) is 18.6 Å². The van der Waals surface area contributed by atoms with Gasteiger partial charge in [-0.1, -0.05) is 33.1 Å². The van der Waals surface area contributed by atoms with Gasteiger partial charge in [0.05, 0.1) is 0 Å². The standard InChI is InChI=1S/C12H25NO/c1-3-5-7-12-11(10-14)9-13(12)8-6-4-2/h11-12,14H,3-10H2,1-2H3. The Bertz CT molecular complexity index is 147. The van der Waals surface area contributed by atoms with Crippen molar-refractivity contribution in [2.24, 2.45) is 5.92 Å². The van der Waals surface area contributed by atoms with E-state index in [1.54, 1.807) is 0 Å². The minimum atomic E-state index is 0.386. The second-order valence-corrected chi connectivity index (χ2v) is 4.50. The second-order valence-electron chi connectivity index (χ2n) is 4.50. The first-order valence-corrected chi connectivity index (χ1v) is 6.18. The molecule has 0 bridgehead atoms. The summed E-state index contributed by atoms with van der Waals surface area (Å²) in [5.74, 6) is 0.568. The van der Waals surface area contributed by atoms with E-state index in [-0.39, 0.29) is 0 Å². The normalized spacial score (nSPS) is 27.6. The van der Waals surface area contributed by atoms with Gasteiger partial charge in [0, 0.05) is 25.1 Å². The van der Waals surface area contributed by atoms with Crippen LogP contribution in [0.4, 0.5) is 0 Å². The Hall–Kier alpha value is -0.0800. The van der Waals surface area contributed by atoms with Crippen molar-refractivity contribution in [1.29, 1.82) is 0 Å². The molecule has 2 unspecified atom stereocenters. The summed E-state index contributed by atoms with van der Waals surface area (Å²) in [5, 5.41) is 9.17. The molecule has 1 aliphatic rings. The first-order chi connectivity index (χ1) is 6.83. The molecule has 0 aromatic rings. The zero-order valence-corrected chi connectivity index (χ0v) is 9.71. The van der Waals surface area contributed by atoms with Gasteiger partial charge in [0.25, 0.3) is 0 Å². The zero-order chi connectivity index (χ0) is 10.4. The molecular weight excluding hydrogens is 174 g/mol. The van der Waals surface area contributed by atoms with E-state index in [1.807, 2.05) is 0 Å². The van der Waals surface area contributed by atoms with Gasteiger partial charge in [-0.2, -0.15) is 0 Å². The van der Waals surface area contributed by atoms with Crippen molar-refractivity contribution in [2.45, 2.75) is 52.0 Å². The monoisotopic (exact) mass is 199 g/mol. The lowest BCUT2D eigenvalue weighted by molar-refractivity contribution is -0.0225. The predicted molar refractivity (Wildman–Crippen MR) is 60.4 cm³/mol. The Balaban J connectivity index is 2.23. The van der Waals surface area contributed by atoms with Gasteiger partial charge < -0.3 is 5.11 Å². The van der Waals surface area contributed by atoms with Gasteiger partial charge in [0.2, 0.25) is 0 Å². The number of aliphatic hydroxyl groups excluding tert-OH is 1. The Morgan fingerprint density at radius 2 is 1.93 bits per heavy atom. The first-order valence-electron chi connectivity index (χ1n) is 6.18. The molecule has 14 heavy (non-hydrogen) atoms. The molecule has 1 rings (SSSR count). The van der Waals surface area contributed by atoms with Crippen molar-refractivity contribution in [1.82, 2.24) is 4.90 Å². The largest absolute Gasteiger partial charge is 0.396 e. The summed E-state index contributed by atoms with van der Waals surface area (Å²) in [7, 11) is 0. The maximum atomic E-state index is 9.17. The predicted octanol–water partition coefficient (Wildman–Crippen LogP) is 2.27. The van der Waals surface area contributed by atoms with Crippen LogP contribution in [0.2, 0.25) is 0 Å². The highest BCUT2D eigenvalue weighted by Gasteiger charge is 2.36. The minimum absolute atomic E-state index is 0.386. The summed E-state index contributed by atoms with van der Waals surface area (Å²) in [6.45, 7) is 7.23.